The zero-order valence-corrected chi connectivity index (χ0v) is 17.6. The second-order valence-electron chi connectivity index (χ2n) is 6.52. The molecule has 3 aromatic carbocycles. The summed E-state index contributed by atoms with van der Waals surface area (Å²) < 4.78 is 38.1. The van der Waals surface area contributed by atoms with Gasteiger partial charge in [0.05, 0.1) is 24.8 Å². The molecule has 0 aromatic heterocycles. The van der Waals surface area contributed by atoms with Crippen LogP contribution in [0.2, 0.25) is 0 Å². The van der Waals surface area contributed by atoms with E-state index in [2.05, 4.69) is 10.0 Å². The SMILES string of the molecule is COc1ccc(NC(=O)c2ccc(S(=O)(=O)Nc3ccc(C)cc3)cc2)c(OC)c1. The van der Waals surface area contributed by atoms with Gasteiger partial charge in [0.1, 0.15) is 11.5 Å². The molecule has 0 aliphatic carbocycles. The van der Waals surface area contributed by atoms with Crippen LogP contribution in [0.25, 0.3) is 0 Å². The number of benzene rings is 3. The number of sulfonamides is 1. The lowest BCUT2D eigenvalue weighted by atomic mass is 10.2. The van der Waals surface area contributed by atoms with Crippen molar-refractivity contribution >= 4 is 27.3 Å². The Bertz CT molecular complexity index is 1140. The monoisotopic (exact) mass is 426 g/mol. The highest BCUT2D eigenvalue weighted by molar-refractivity contribution is 7.92. The van der Waals surface area contributed by atoms with Crippen molar-refractivity contribution in [3.8, 4) is 11.5 Å². The van der Waals surface area contributed by atoms with Crippen molar-refractivity contribution in [1.29, 1.82) is 0 Å². The Hall–Kier alpha value is -3.52. The molecule has 0 spiro atoms. The molecule has 2 N–H and O–H groups in total. The molecule has 8 heteroatoms. The minimum atomic E-state index is -3.76. The molecule has 3 aromatic rings. The molecule has 0 aliphatic heterocycles. The smallest absolute Gasteiger partial charge is 0.261 e. The number of anilines is 2. The van der Waals surface area contributed by atoms with Crippen LogP contribution in [0, 0.1) is 6.92 Å². The molecule has 0 aliphatic rings. The van der Waals surface area contributed by atoms with E-state index in [0.717, 1.165) is 5.56 Å². The number of carbonyl (C=O) groups excluding carboxylic acids is 1. The number of hydrogen-bond acceptors (Lipinski definition) is 5. The van der Waals surface area contributed by atoms with Crippen LogP contribution < -0.4 is 19.5 Å². The van der Waals surface area contributed by atoms with E-state index in [9.17, 15) is 13.2 Å². The summed E-state index contributed by atoms with van der Waals surface area (Å²) in [5, 5.41) is 2.75. The van der Waals surface area contributed by atoms with Gasteiger partial charge in [0.15, 0.2) is 0 Å². The highest BCUT2D eigenvalue weighted by atomic mass is 32.2. The van der Waals surface area contributed by atoms with Crippen molar-refractivity contribution in [2.45, 2.75) is 11.8 Å². The van der Waals surface area contributed by atoms with Gasteiger partial charge in [-0.15, -0.1) is 0 Å². The largest absolute Gasteiger partial charge is 0.497 e. The van der Waals surface area contributed by atoms with Crippen LogP contribution in [0.15, 0.2) is 71.6 Å². The summed E-state index contributed by atoms with van der Waals surface area (Å²) in [6.07, 6.45) is 0. The second-order valence-corrected chi connectivity index (χ2v) is 8.20. The fourth-order valence-corrected chi connectivity index (χ4v) is 3.78. The number of methoxy groups -OCH3 is 2. The summed E-state index contributed by atoms with van der Waals surface area (Å²) in [5.74, 6) is 0.651. The lowest BCUT2D eigenvalue weighted by Crippen LogP contribution is -2.15. The van der Waals surface area contributed by atoms with Gasteiger partial charge in [0.2, 0.25) is 0 Å². The van der Waals surface area contributed by atoms with E-state index in [1.165, 1.54) is 38.5 Å². The van der Waals surface area contributed by atoms with E-state index in [1.807, 2.05) is 19.1 Å². The van der Waals surface area contributed by atoms with E-state index in [0.29, 0.717) is 28.4 Å². The summed E-state index contributed by atoms with van der Waals surface area (Å²) in [6, 6.07) is 17.7. The normalized spacial score (nSPS) is 10.9. The lowest BCUT2D eigenvalue weighted by molar-refractivity contribution is 0.102. The molecule has 1 amide bonds. The first-order valence-electron chi connectivity index (χ1n) is 9.05. The van der Waals surface area contributed by atoms with Crippen molar-refractivity contribution in [2.75, 3.05) is 24.3 Å². The molecule has 7 nitrogen and oxygen atoms in total. The van der Waals surface area contributed by atoms with Crippen LogP contribution in [-0.4, -0.2) is 28.5 Å². The Kier molecular flexibility index (Phi) is 6.27. The van der Waals surface area contributed by atoms with Crippen LogP contribution >= 0.6 is 0 Å². The molecule has 3 rings (SSSR count). The number of rotatable bonds is 7. The number of nitrogens with one attached hydrogen (secondary N) is 2. The van der Waals surface area contributed by atoms with Crippen molar-refractivity contribution < 1.29 is 22.7 Å². The first kappa shape index (κ1) is 21.2. The van der Waals surface area contributed by atoms with E-state index >= 15 is 0 Å². The highest BCUT2D eigenvalue weighted by Crippen LogP contribution is 2.29. The fraction of sp³-hybridized carbons (Fsp3) is 0.136. The third-order valence-corrected chi connectivity index (χ3v) is 5.78. The van der Waals surface area contributed by atoms with Gasteiger partial charge in [0, 0.05) is 17.3 Å². The Balaban J connectivity index is 1.75. The second kappa shape index (κ2) is 8.87. The summed E-state index contributed by atoms with van der Waals surface area (Å²) in [4.78, 5) is 12.6. The van der Waals surface area contributed by atoms with Crippen LogP contribution in [0.5, 0.6) is 11.5 Å². The quantitative estimate of drug-likeness (QED) is 0.594. The molecule has 0 saturated heterocycles. The molecule has 0 unspecified atom stereocenters. The summed E-state index contributed by atoms with van der Waals surface area (Å²) in [7, 11) is -0.732. The zero-order chi connectivity index (χ0) is 21.7. The van der Waals surface area contributed by atoms with Crippen LogP contribution in [0.4, 0.5) is 11.4 Å². The number of amides is 1. The number of ether oxygens (including phenoxy) is 2. The summed E-state index contributed by atoms with van der Waals surface area (Å²) in [6.45, 7) is 1.92. The third-order valence-electron chi connectivity index (χ3n) is 4.39. The Morgan fingerprint density at radius 3 is 2.13 bits per heavy atom. The van der Waals surface area contributed by atoms with E-state index < -0.39 is 15.9 Å². The van der Waals surface area contributed by atoms with Gasteiger partial charge in [-0.1, -0.05) is 17.7 Å². The van der Waals surface area contributed by atoms with Crippen molar-refractivity contribution in [3.05, 3.63) is 77.9 Å². The molecule has 0 fully saturated rings. The highest BCUT2D eigenvalue weighted by Gasteiger charge is 2.16. The average molecular weight is 426 g/mol. The zero-order valence-electron chi connectivity index (χ0n) is 16.8. The van der Waals surface area contributed by atoms with E-state index in [-0.39, 0.29) is 4.90 Å². The molecule has 0 atom stereocenters. The first-order valence-corrected chi connectivity index (χ1v) is 10.5. The fourth-order valence-electron chi connectivity index (χ4n) is 2.72. The van der Waals surface area contributed by atoms with Gasteiger partial charge >= 0.3 is 0 Å². The average Bonchev–Trinajstić information content (AvgIpc) is 2.75. The maximum atomic E-state index is 12.6. The molecule has 0 radical (unpaired) electrons. The Labute approximate surface area is 175 Å². The summed E-state index contributed by atoms with van der Waals surface area (Å²) >= 11 is 0. The minimum Gasteiger partial charge on any atom is -0.497 e. The molecule has 0 saturated carbocycles. The standard InChI is InChI=1S/C22H22N2O5S/c1-15-4-8-17(9-5-15)24-30(26,27)19-11-6-16(7-12-19)22(25)23-20-13-10-18(28-2)14-21(20)29-3/h4-14,24H,1-3H3,(H,23,25). The predicted octanol–water partition coefficient (Wildman–Crippen LogP) is 4.07. The van der Waals surface area contributed by atoms with Gasteiger partial charge in [-0.2, -0.15) is 0 Å². The topological polar surface area (TPSA) is 93.7 Å². The van der Waals surface area contributed by atoms with Crippen LogP contribution in [0.1, 0.15) is 15.9 Å². The van der Waals surface area contributed by atoms with Crippen molar-refractivity contribution in [3.63, 3.8) is 0 Å². The molecule has 0 heterocycles. The van der Waals surface area contributed by atoms with E-state index in [1.54, 1.807) is 30.3 Å². The first-order chi connectivity index (χ1) is 14.3. The lowest BCUT2D eigenvalue weighted by Gasteiger charge is -2.12. The maximum absolute atomic E-state index is 12.6. The van der Waals surface area contributed by atoms with Crippen LogP contribution in [0.3, 0.4) is 0 Å². The summed E-state index contributed by atoms with van der Waals surface area (Å²) in [5.41, 5.74) is 2.28. The minimum absolute atomic E-state index is 0.0571. The van der Waals surface area contributed by atoms with Crippen LogP contribution in [-0.2, 0) is 10.0 Å². The van der Waals surface area contributed by atoms with Crippen molar-refractivity contribution in [1.82, 2.24) is 0 Å². The van der Waals surface area contributed by atoms with Gasteiger partial charge in [-0.25, -0.2) is 8.42 Å². The van der Waals surface area contributed by atoms with Gasteiger partial charge in [-0.05, 0) is 55.5 Å². The number of aryl methyl sites for hydroxylation is 1. The number of carbonyl (C=O) groups is 1. The molecule has 156 valence electrons. The Morgan fingerprint density at radius 1 is 0.867 bits per heavy atom. The van der Waals surface area contributed by atoms with E-state index in [4.69, 9.17) is 9.47 Å². The molecular weight excluding hydrogens is 404 g/mol. The molecule has 0 bridgehead atoms. The predicted molar refractivity (Wildman–Crippen MR) is 116 cm³/mol. The molecular formula is C22H22N2O5S. The Morgan fingerprint density at radius 2 is 1.53 bits per heavy atom. The van der Waals surface area contributed by atoms with Gasteiger partial charge < -0.3 is 14.8 Å². The third kappa shape index (κ3) is 4.90. The molecule has 30 heavy (non-hydrogen) atoms. The van der Waals surface area contributed by atoms with Crippen molar-refractivity contribution in [2.24, 2.45) is 0 Å². The van der Waals surface area contributed by atoms with Gasteiger partial charge in [0.25, 0.3) is 15.9 Å². The van der Waals surface area contributed by atoms with Gasteiger partial charge in [-0.3, -0.25) is 9.52 Å². The number of hydrogen-bond donors (Lipinski definition) is 2. The maximum Gasteiger partial charge on any atom is 0.261 e.